The van der Waals surface area contributed by atoms with E-state index in [2.05, 4.69) is 4.40 Å². The first-order valence-corrected chi connectivity index (χ1v) is 9.84. The molecular formula is C18H19N3O5S. The number of amidine groups is 1. The summed E-state index contributed by atoms with van der Waals surface area (Å²) < 4.78 is 32.9. The Labute approximate surface area is 157 Å². The number of hydrogen-bond acceptors (Lipinski definition) is 6. The predicted molar refractivity (Wildman–Crippen MR) is 99.1 cm³/mol. The van der Waals surface area contributed by atoms with Crippen LogP contribution in [0, 0.1) is 0 Å². The maximum atomic E-state index is 12.8. The van der Waals surface area contributed by atoms with Gasteiger partial charge < -0.3 is 14.5 Å². The molecule has 0 N–H and O–H groups in total. The number of fused-ring (bicyclic) bond motifs is 1. The Morgan fingerprint density at radius 2 is 1.93 bits per heavy atom. The average Bonchev–Trinajstić information content (AvgIpc) is 2.64. The molecule has 1 atom stereocenters. The molecule has 142 valence electrons. The van der Waals surface area contributed by atoms with Crippen molar-refractivity contribution in [2.75, 3.05) is 26.4 Å². The molecular weight excluding hydrogens is 370 g/mol. The van der Waals surface area contributed by atoms with Crippen molar-refractivity contribution >= 4 is 27.7 Å². The van der Waals surface area contributed by atoms with Crippen molar-refractivity contribution < 1.29 is 22.7 Å². The second-order valence-corrected chi connectivity index (χ2v) is 8.00. The van der Waals surface area contributed by atoms with Crippen LogP contribution < -0.4 is 0 Å². The lowest BCUT2D eigenvalue weighted by atomic mass is 10.1. The minimum Gasteiger partial charge on any atom is -0.444 e. The molecule has 27 heavy (non-hydrogen) atoms. The van der Waals surface area contributed by atoms with Gasteiger partial charge in [-0.15, -0.1) is 4.40 Å². The highest BCUT2D eigenvalue weighted by atomic mass is 32.2. The van der Waals surface area contributed by atoms with Crippen molar-refractivity contribution in [3.8, 4) is 0 Å². The molecule has 0 fully saturated rings. The van der Waals surface area contributed by atoms with E-state index in [0.717, 1.165) is 0 Å². The third kappa shape index (κ3) is 4.08. The zero-order valence-electron chi connectivity index (χ0n) is 14.9. The normalized spacial score (nSPS) is 18.7. The van der Waals surface area contributed by atoms with Crippen LogP contribution in [0.3, 0.4) is 0 Å². The molecule has 0 spiro atoms. The molecule has 0 saturated carbocycles. The quantitative estimate of drug-likeness (QED) is 0.709. The lowest BCUT2D eigenvalue weighted by Gasteiger charge is -2.29. The summed E-state index contributed by atoms with van der Waals surface area (Å²) in [5.74, 6) is -1.34. The second-order valence-electron chi connectivity index (χ2n) is 6.24. The zero-order valence-corrected chi connectivity index (χ0v) is 15.7. The number of esters is 1. The standard InChI is InChI=1S/C18H19N3O5S/c1-20(2)17(22)15(13-7-4-3-5-8-13)26-18(23)14-9-6-10-21-11-12-27(24,25)19-16(14)21/h3-10,15H,11-12H2,1-2H3/t15-/m0/s1. The van der Waals surface area contributed by atoms with Crippen molar-refractivity contribution in [2.45, 2.75) is 6.10 Å². The summed E-state index contributed by atoms with van der Waals surface area (Å²) in [6.07, 6.45) is 3.54. The van der Waals surface area contributed by atoms with Crippen LogP contribution >= 0.6 is 0 Å². The minimum atomic E-state index is -3.64. The number of benzene rings is 1. The van der Waals surface area contributed by atoms with Crippen LogP contribution in [-0.2, 0) is 24.3 Å². The molecule has 1 aromatic carbocycles. The minimum absolute atomic E-state index is 0.00624. The summed E-state index contributed by atoms with van der Waals surface area (Å²) in [7, 11) is -0.514. The molecule has 1 aromatic rings. The predicted octanol–water partition coefficient (Wildman–Crippen LogP) is 0.857. The topological polar surface area (TPSA) is 96.4 Å². The molecule has 0 bridgehead atoms. The first kappa shape index (κ1) is 18.8. The van der Waals surface area contributed by atoms with Gasteiger partial charge in [0, 0.05) is 32.4 Å². The van der Waals surface area contributed by atoms with Gasteiger partial charge in [0.2, 0.25) is 6.10 Å². The fraction of sp³-hybridized carbons (Fsp3) is 0.278. The Bertz CT molecular complexity index is 948. The second kappa shape index (κ2) is 7.36. The van der Waals surface area contributed by atoms with Crippen molar-refractivity contribution in [3.63, 3.8) is 0 Å². The van der Waals surface area contributed by atoms with E-state index in [1.807, 2.05) is 0 Å². The maximum absolute atomic E-state index is 12.8. The third-order valence-corrected chi connectivity index (χ3v) is 5.22. The number of allylic oxidation sites excluding steroid dienone is 2. The Balaban J connectivity index is 1.92. The summed E-state index contributed by atoms with van der Waals surface area (Å²) in [5, 5.41) is 0. The summed E-state index contributed by atoms with van der Waals surface area (Å²) in [6, 6.07) is 8.63. The van der Waals surface area contributed by atoms with Gasteiger partial charge in [-0.1, -0.05) is 30.3 Å². The Kier molecular flexibility index (Phi) is 5.13. The van der Waals surface area contributed by atoms with E-state index in [-0.39, 0.29) is 23.7 Å². The highest BCUT2D eigenvalue weighted by Crippen LogP contribution is 2.24. The van der Waals surface area contributed by atoms with Crippen LogP contribution in [0.1, 0.15) is 11.7 Å². The van der Waals surface area contributed by atoms with E-state index in [1.165, 1.54) is 11.0 Å². The average molecular weight is 389 g/mol. The van der Waals surface area contributed by atoms with Gasteiger partial charge in [-0.25, -0.2) is 13.2 Å². The van der Waals surface area contributed by atoms with Gasteiger partial charge in [0.05, 0.1) is 5.75 Å². The highest BCUT2D eigenvalue weighted by Gasteiger charge is 2.34. The fourth-order valence-corrected chi connectivity index (χ4v) is 3.65. The molecule has 2 aliphatic heterocycles. The van der Waals surface area contributed by atoms with E-state index in [9.17, 15) is 18.0 Å². The summed E-state index contributed by atoms with van der Waals surface area (Å²) in [4.78, 5) is 28.2. The van der Waals surface area contributed by atoms with E-state index in [4.69, 9.17) is 4.74 Å². The number of hydrogen-bond donors (Lipinski definition) is 0. The lowest BCUT2D eigenvalue weighted by Crippen LogP contribution is -2.41. The third-order valence-electron chi connectivity index (χ3n) is 4.07. The molecule has 0 aromatic heterocycles. The van der Waals surface area contributed by atoms with Gasteiger partial charge in [-0.05, 0) is 12.2 Å². The highest BCUT2D eigenvalue weighted by molar-refractivity contribution is 7.90. The molecule has 0 aliphatic carbocycles. The maximum Gasteiger partial charge on any atom is 0.343 e. The monoisotopic (exact) mass is 389 g/mol. The van der Waals surface area contributed by atoms with E-state index in [0.29, 0.717) is 5.56 Å². The smallest absolute Gasteiger partial charge is 0.343 e. The SMILES string of the molecule is CN(C)C(=O)[C@@H](OC(=O)C1=CC=CN2CCS(=O)(=O)N=C12)c1ccccc1. The van der Waals surface area contributed by atoms with Crippen molar-refractivity contribution in [1.29, 1.82) is 0 Å². The summed E-state index contributed by atoms with van der Waals surface area (Å²) in [5.41, 5.74) is 0.514. The molecule has 0 saturated heterocycles. The molecule has 2 aliphatic rings. The van der Waals surface area contributed by atoms with Crippen molar-refractivity contribution in [2.24, 2.45) is 4.40 Å². The van der Waals surface area contributed by atoms with E-state index in [1.54, 1.807) is 61.6 Å². The first-order chi connectivity index (χ1) is 12.8. The number of carbonyl (C=O) groups is 2. The van der Waals surface area contributed by atoms with Crippen LogP contribution in [0.15, 0.2) is 58.7 Å². The number of ether oxygens (including phenoxy) is 1. The number of likely N-dealkylation sites (N-methyl/N-ethyl adjacent to an activating group) is 1. The van der Waals surface area contributed by atoms with Crippen LogP contribution in [-0.4, -0.2) is 62.3 Å². The van der Waals surface area contributed by atoms with Gasteiger partial charge >= 0.3 is 5.97 Å². The number of carbonyl (C=O) groups excluding carboxylic acids is 2. The molecule has 0 unspecified atom stereocenters. The molecule has 9 heteroatoms. The van der Waals surface area contributed by atoms with Gasteiger partial charge in [0.15, 0.2) is 5.84 Å². The van der Waals surface area contributed by atoms with Gasteiger partial charge in [0.25, 0.3) is 15.9 Å². The first-order valence-electron chi connectivity index (χ1n) is 8.24. The molecule has 8 nitrogen and oxygen atoms in total. The fourth-order valence-electron chi connectivity index (χ4n) is 2.67. The van der Waals surface area contributed by atoms with E-state index < -0.39 is 28.0 Å². The number of sulfonamides is 1. The van der Waals surface area contributed by atoms with Crippen LogP contribution in [0.2, 0.25) is 0 Å². The van der Waals surface area contributed by atoms with Gasteiger partial charge in [-0.3, -0.25) is 4.79 Å². The lowest BCUT2D eigenvalue weighted by molar-refractivity contribution is -0.156. The largest absolute Gasteiger partial charge is 0.444 e. The number of amides is 1. The Hall–Kier alpha value is -2.94. The summed E-state index contributed by atoms with van der Waals surface area (Å²) in [6.45, 7) is 0.195. The van der Waals surface area contributed by atoms with Crippen LogP contribution in [0.4, 0.5) is 0 Å². The molecule has 0 radical (unpaired) electrons. The zero-order chi connectivity index (χ0) is 19.6. The van der Waals surface area contributed by atoms with Crippen LogP contribution in [0.25, 0.3) is 0 Å². The van der Waals surface area contributed by atoms with Gasteiger partial charge in [-0.2, -0.15) is 0 Å². The number of nitrogens with zero attached hydrogens (tertiary/aromatic N) is 3. The Morgan fingerprint density at radius 3 is 2.59 bits per heavy atom. The molecule has 1 amide bonds. The van der Waals surface area contributed by atoms with Crippen LogP contribution in [0.5, 0.6) is 0 Å². The molecule has 3 rings (SSSR count). The van der Waals surface area contributed by atoms with Crippen molar-refractivity contribution in [3.05, 3.63) is 59.8 Å². The van der Waals surface area contributed by atoms with Gasteiger partial charge in [0.1, 0.15) is 5.57 Å². The Morgan fingerprint density at radius 1 is 1.22 bits per heavy atom. The van der Waals surface area contributed by atoms with E-state index >= 15 is 0 Å². The van der Waals surface area contributed by atoms with Crippen molar-refractivity contribution in [1.82, 2.24) is 9.80 Å². The summed E-state index contributed by atoms with van der Waals surface area (Å²) >= 11 is 0. The molecule has 2 heterocycles. The number of rotatable bonds is 4.